The minimum absolute atomic E-state index is 0.302. The van der Waals surface area contributed by atoms with E-state index in [2.05, 4.69) is 43.9 Å². The standard InChI is InChI=1S/C17H23BrN2O/c18-15-7-4-8-16(13-15)19-9-11-20(12-10-19)17(21)14-5-2-1-3-6-14/h4,7-8,13-14H,1-3,5-6,9-12H2. The van der Waals surface area contributed by atoms with Gasteiger partial charge in [-0.15, -0.1) is 0 Å². The third-order valence-electron chi connectivity index (χ3n) is 4.72. The van der Waals surface area contributed by atoms with Crippen molar-refractivity contribution < 1.29 is 4.79 Å². The second-order valence-electron chi connectivity index (χ2n) is 6.13. The van der Waals surface area contributed by atoms with Crippen LogP contribution in [-0.2, 0) is 4.79 Å². The van der Waals surface area contributed by atoms with Gasteiger partial charge >= 0.3 is 0 Å². The maximum absolute atomic E-state index is 12.6. The number of hydrogen-bond acceptors (Lipinski definition) is 2. The Morgan fingerprint density at radius 1 is 1.05 bits per heavy atom. The fraction of sp³-hybridized carbons (Fsp3) is 0.588. The molecule has 2 aliphatic rings. The Morgan fingerprint density at radius 3 is 2.43 bits per heavy atom. The molecule has 21 heavy (non-hydrogen) atoms. The Bertz CT molecular complexity index is 491. The van der Waals surface area contributed by atoms with E-state index in [-0.39, 0.29) is 0 Å². The second-order valence-corrected chi connectivity index (χ2v) is 7.04. The molecule has 1 saturated heterocycles. The van der Waals surface area contributed by atoms with Crippen LogP contribution in [0.25, 0.3) is 0 Å². The van der Waals surface area contributed by atoms with Crippen molar-refractivity contribution in [3.8, 4) is 0 Å². The number of halogens is 1. The van der Waals surface area contributed by atoms with Crippen molar-refractivity contribution in [3.05, 3.63) is 28.7 Å². The molecule has 1 saturated carbocycles. The van der Waals surface area contributed by atoms with Gasteiger partial charge in [0.05, 0.1) is 0 Å². The summed E-state index contributed by atoms with van der Waals surface area (Å²) in [6.07, 6.45) is 5.97. The molecular formula is C17H23BrN2O. The number of carbonyl (C=O) groups excluding carboxylic acids is 1. The summed E-state index contributed by atoms with van der Waals surface area (Å²) < 4.78 is 1.11. The lowest BCUT2D eigenvalue weighted by molar-refractivity contribution is -0.136. The quantitative estimate of drug-likeness (QED) is 0.812. The largest absolute Gasteiger partial charge is 0.368 e. The Morgan fingerprint density at radius 2 is 1.76 bits per heavy atom. The van der Waals surface area contributed by atoms with E-state index in [4.69, 9.17) is 0 Å². The van der Waals surface area contributed by atoms with E-state index in [0.717, 1.165) is 43.5 Å². The molecule has 0 atom stereocenters. The van der Waals surface area contributed by atoms with Crippen molar-refractivity contribution in [2.45, 2.75) is 32.1 Å². The molecule has 1 aliphatic carbocycles. The van der Waals surface area contributed by atoms with Crippen LogP contribution in [0.5, 0.6) is 0 Å². The van der Waals surface area contributed by atoms with E-state index >= 15 is 0 Å². The molecule has 0 spiro atoms. The van der Waals surface area contributed by atoms with Crippen LogP contribution in [0.3, 0.4) is 0 Å². The number of anilines is 1. The van der Waals surface area contributed by atoms with Crippen molar-refractivity contribution in [1.82, 2.24) is 4.90 Å². The van der Waals surface area contributed by atoms with Crippen LogP contribution in [0.15, 0.2) is 28.7 Å². The molecule has 4 heteroatoms. The van der Waals surface area contributed by atoms with Crippen molar-refractivity contribution in [2.24, 2.45) is 5.92 Å². The molecule has 1 heterocycles. The number of hydrogen-bond donors (Lipinski definition) is 0. The Balaban J connectivity index is 1.56. The average molecular weight is 351 g/mol. The normalized spacial score (nSPS) is 20.6. The second kappa shape index (κ2) is 6.82. The first-order chi connectivity index (χ1) is 10.2. The lowest BCUT2D eigenvalue weighted by Gasteiger charge is -2.38. The lowest BCUT2D eigenvalue weighted by Crippen LogP contribution is -2.50. The topological polar surface area (TPSA) is 23.6 Å². The number of rotatable bonds is 2. The minimum atomic E-state index is 0.302. The van der Waals surface area contributed by atoms with Crippen LogP contribution in [0.2, 0.25) is 0 Å². The van der Waals surface area contributed by atoms with Gasteiger partial charge in [-0.1, -0.05) is 41.3 Å². The molecule has 3 rings (SSSR count). The van der Waals surface area contributed by atoms with Crippen molar-refractivity contribution in [1.29, 1.82) is 0 Å². The zero-order valence-corrected chi connectivity index (χ0v) is 14.0. The predicted molar refractivity (Wildman–Crippen MR) is 89.5 cm³/mol. The maximum atomic E-state index is 12.6. The molecule has 0 aromatic heterocycles. The van der Waals surface area contributed by atoms with Gasteiger partial charge in [0.2, 0.25) is 5.91 Å². The zero-order chi connectivity index (χ0) is 14.7. The highest BCUT2D eigenvalue weighted by molar-refractivity contribution is 9.10. The first-order valence-electron chi connectivity index (χ1n) is 8.03. The SMILES string of the molecule is O=C(C1CCCCC1)N1CCN(c2cccc(Br)c2)CC1. The lowest BCUT2D eigenvalue weighted by atomic mass is 9.88. The number of benzene rings is 1. The smallest absolute Gasteiger partial charge is 0.225 e. The Hall–Kier alpha value is -1.03. The van der Waals surface area contributed by atoms with Crippen LogP contribution in [0.4, 0.5) is 5.69 Å². The van der Waals surface area contributed by atoms with Gasteiger partial charge in [0, 0.05) is 42.3 Å². The van der Waals surface area contributed by atoms with Gasteiger partial charge in [-0.2, -0.15) is 0 Å². The third-order valence-corrected chi connectivity index (χ3v) is 5.21. The van der Waals surface area contributed by atoms with Crippen LogP contribution in [0.1, 0.15) is 32.1 Å². The number of nitrogens with zero attached hydrogens (tertiary/aromatic N) is 2. The monoisotopic (exact) mass is 350 g/mol. The van der Waals surface area contributed by atoms with Gasteiger partial charge < -0.3 is 9.80 Å². The molecule has 114 valence electrons. The molecule has 0 radical (unpaired) electrons. The van der Waals surface area contributed by atoms with E-state index in [0.29, 0.717) is 11.8 Å². The highest BCUT2D eigenvalue weighted by Gasteiger charge is 2.28. The van der Waals surface area contributed by atoms with Crippen molar-refractivity contribution in [3.63, 3.8) is 0 Å². The summed E-state index contributed by atoms with van der Waals surface area (Å²) in [4.78, 5) is 17.0. The predicted octanol–water partition coefficient (Wildman–Crippen LogP) is 3.68. The molecule has 1 aliphatic heterocycles. The fourth-order valence-electron chi connectivity index (χ4n) is 3.47. The van der Waals surface area contributed by atoms with E-state index in [1.807, 2.05) is 6.07 Å². The van der Waals surface area contributed by atoms with Gasteiger partial charge in [0.15, 0.2) is 0 Å². The number of carbonyl (C=O) groups is 1. The fourth-order valence-corrected chi connectivity index (χ4v) is 3.85. The van der Waals surface area contributed by atoms with Gasteiger partial charge in [-0.3, -0.25) is 4.79 Å². The number of piperazine rings is 1. The van der Waals surface area contributed by atoms with Crippen LogP contribution in [-0.4, -0.2) is 37.0 Å². The van der Waals surface area contributed by atoms with Crippen molar-refractivity contribution in [2.75, 3.05) is 31.1 Å². The molecule has 1 aromatic carbocycles. The Kier molecular flexibility index (Phi) is 4.84. The summed E-state index contributed by atoms with van der Waals surface area (Å²) in [5.41, 5.74) is 1.24. The molecular weight excluding hydrogens is 328 g/mol. The highest BCUT2D eigenvalue weighted by Crippen LogP contribution is 2.26. The summed E-state index contributed by atoms with van der Waals surface area (Å²) in [6.45, 7) is 3.60. The van der Waals surface area contributed by atoms with Gasteiger partial charge in [0.25, 0.3) is 0 Å². The summed E-state index contributed by atoms with van der Waals surface area (Å²) in [5.74, 6) is 0.708. The average Bonchev–Trinajstić information content (AvgIpc) is 2.55. The van der Waals surface area contributed by atoms with Gasteiger partial charge in [-0.25, -0.2) is 0 Å². The highest BCUT2D eigenvalue weighted by atomic mass is 79.9. The zero-order valence-electron chi connectivity index (χ0n) is 12.4. The van der Waals surface area contributed by atoms with Gasteiger partial charge in [0.1, 0.15) is 0 Å². The molecule has 2 fully saturated rings. The van der Waals surface area contributed by atoms with Gasteiger partial charge in [-0.05, 0) is 31.0 Å². The number of amides is 1. The first-order valence-corrected chi connectivity index (χ1v) is 8.82. The van der Waals surface area contributed by atoms with Crippen LogP contribution >= 0.6 is 15.9 Å². The van der Waals surface area contributed by atoms with Crippen LogP contribution in [0, 0.1) is 5.92 Å². The molecule has 1 amide bonds. The van der Waals surface area contributed by atoms with E-state index in [9.17, 15) is 4.79 Å². The molecule has 0 N–H and O–H groups in total. The van der Waals surface area contributed by atoms with E-state index < -0.39 is 0 Å². The first kappa shape index (κ1) is 14.9. The third kappa shape index (κ3) is 3.60. The minimum Gasteiger partial charge on any atom is -0.368 e. The maximum Gasteiger partial charge on any atom is 0.225 e. The summed E-state index contributed by atoms with van der Waals surface area (Å²) in [6, 6.07) is 8.41. The van der Waals surface area contributed by atoms with Crippen molar-refractivity contribution >= 4 is 27.5 Å². The molecule has 3 nitrogen and oxygen atoms in total. The summed E-state index contributed by atoms with van der Waals surface area (Å²) >= 11 is 3.52. The summed E-state index contributed by atoms with van der Waals surface area (Å²) in [7, 11) is 0. The molecule has 1 aromatic rings. The van der Waals surface area contributed by atoms with Crippen LogP contribution < -0.4 is 4.90 Å². The molecule has 0 bridgehead atoms. The summed E-state index contributed by atoms with van der Waals surface area (Å²) in [5, 5.41) is 0. The Labute approximate surface area is 135 Å². The van der Waals surface area contributed by atoms with E-state index in [1.165, 1.54) is 24.9 Å². The molecule has 0 unspecified atom stereocenters. The van der Waals surface area contributed by atoms with E-state index in [1.54, 1.807) is 0 Å².